The predicted molar refractivity (Wildman–Crippen MR) is 36.2 cm³/mol. The average Bonchev–Trinajstić information content (AvgIpc) is 1.35. The molecule has 0 aromatic rings. The van der Waals surface area contributed by atoms with Gasteiger partial charge in [0.15, 0.2) is 0 Å². The van der Waals surface area contributed by atoms with Crippen LogP contribution in [0.4, 0.5) is 0 Å². The Labute approximate surface area is 65.3 Å². The Balaban J connectivity index is 0. The molecule has 0 saturated heterocycles. The molecule has 0 heterocycles. The highest BCUT2D eigenvalue weighted by molar-refractivity contribution is 6.44. The van der Waals surface area contributed by atoms with Gasteiger partial charge < -0.3 is 0 Å². The van der Waals surface area contributed by atoms with Crippen LogP contribution in [-0.4, -0.2) is 22.2 Å². The summed E-state index contributed by atoms with van der Waals surface area (Å²) < 4.78 is 0. The normalized spacial score (nSPS) is 8.57. The van der Waals surface area contributed by atoms with Crippen LogP contribution in [0.15, 0.2) is 0 Å². The molecular formula is C4H8AlCl2. The predicted octanol–water partition coefficient (Wildman–Crippen LogP) is 2.21. The molecular weight excluding hydrogens is 146 g/mol. The Bertz CT molecular complexity index is 30.9. The topological polar surface area (TPSA) is 0 Å². The largest absolute Gasteiger partial charge is 0.107 e. The van der Waals surface area contributed by atoms with Crippen LogP contribution in [0.3, 0.4) is 0 Å². The first kappa shape index (κ1) is 11.0. The highest BCUT2D eigenvalue weighted by atomic mass is 35.5. The molecule has 7 heavy (non-hydrogen) atoms. The summed E-state index contributed by atoms with van der Waals surface area (Å²) in [5.74, 6) is 0. The molecule has 0 bridgehead atoms. The summed E-state index contributed by atoms with van der Waals surface area (Å²) in [4.78, 5) is -0.157. The maximum absolute atomic E-state index is 5.34. The molecule has 0 aromatic carbocycles. The van der Waals surface area contributed by atoms with Gasteiger partial charge in [0.2, 0.25) is 0 Å². The molecule has 0 atom stereocenters. The minimum Gasteiger partial charge on any atom is -0.105 e. The molecule has 0 amide bonds. The van der Waals surface area contributed by atoms with Gasteiger partial charge in [-0.25, -0.2) is 0 Å². The van der Waals surface area contributed by atoms with Gasteiger partial charge in [0.05, 0.1) is 0 Å². The minimum absolute atomic E-state index is 0. The van der Waals surface area contributed by atoms with E-state index in [0.29, 0.717) is 0 Å². The van der Waals surface area contributed by atoms with Crippen LogP contribution in [0, 0.1) is 0 Å². The zero-order valence-corrected chi connectivity index (χ0v) is 6.99. The summed E-state index contributed by atoms with van der Waals surface area (Å²) in [6.07, 6.45) is 1.97. The summed E-state index contributed by atoms with van der Waals surface area (Å²) in [6.45, 7) is 2.05. The SMILES string of the molecule is CCCC(Cl)Cl.[Al]. The van der Waals surface area contributed by atoms with Crippen molar-refractivity contribution in [3.05, 3.63) is 0 Å². The van der Waals surface area contributed by atoms with E-state index in [2.05, 4.69) is 6.92 Å². The second kappa shape index (κ2) is 7.11. The van der Waals surface area contributed by atoms with E-state index < -0.39 is 0 Å². The van der Waals surface area contributed by atoms with Crippen LogP contribution < -0.4 is 0 Å². The molecule has 0 aliphatic heterocycles. The Hall–Kier alpha value is 1.11. The summed E-state index contributed by atoms with van der Waals surface area (Å²) in [5.41, 5.74) is 0. The molecule has 0 nitrogen and oxygen atoms in total. The third-order valence-corrected chi connectivity index (χ3v) is 0.943. The van der Waals surface area contributed by atoms with E-state index >= 15 is 0 Å². The van der Waals surface area contributed by atoms with Gasteiger partial charge >= 0.3 is 0 Å². The van der Waals surface area contributed by atoms with E-state index in [4.69, 9.17) is 23.2 Å². The Morgan fingerprint density at radius 1 is 1.43 bits per heavy atom. The molecule has 0 spiro atoms. The van der Waals surface area contributed by atoms with Crippen LogP contribution in [0.25, 0.3) is 0 Å². The van der Waals surface area contributed by atoms with Crippen molar-refractivity contribution < 1.29 is 0 Å². The van der Waals surface area contributed by atoms with E-state index in [1.165, 1.54) is 0 Å². The molecule has 0 aliphatic rings. The van der Waals surface area contributed by atoms with Crippen LogP contribution in [0.2, 0.25) is 0 Å². The lowest BCUT2D eigenvalue weighted by Gasteiger charge is -1.90. The first-order chi connectivity index (χ1) is 2.77. The van der Waals surface area contributed by atoms with Crippen molar-refractivity contribution in [1.82, 2.24) is 0 Å². The fourth-order valence-corrected chi connectivity index (χ4v) is 0.655. The van der Waals surface area contributed by atoms with Crippen LogP contribution in [0.5, 0.6) is 0 Å². The van der Waals surface area contributed by atoms with E-state index in [0.717, 1.165) is 12.8 Å². The van der Waals surface area contributed by atoms with Gasteiger partial charge in [0, 0.05) is 17.4 Å². The molecule has 0 aliphatic carbocycles. The zero-order valence-electron chi connectivity index (χ0n) is 4.32. The number of hydrogen-bond acceptors (Lipinski definition) is 0. The molecule has 0 aromatic heterocycles. The number of alkyl halides is 2. The molecule has 3 heteroatoms. The first-order valence-corrected chi connectivity index (χ1v) is 2.92. The second-order valence-corrected chi connectivity index (χ2v) is 2.46. The lowest BCUT2D eigenvalue weighted by Crippen LogP contribution is -1.80. The molecule has 0 unspecified atom stereocenters. The number of rotatable bonds is 2. The van der Waals surface area contributed by atoms with Gasteiger partial charge in [-0.2, -0.15) is 0 Å². The molecule has 0 rings (SSSR count). The fourth-order valence-electron chi connectivity index (χ4n) is 0.218. The highest BCUT2D eigenvalue weighted by Gasteiger charge is 1.91. The molecule has 3 radical (unpaired) electrons. The average molecular weight is 154 g/mol. The summed E-state index contributed by atoms with van der Waals surface area (Å²) in [6, 6.07) is 0. The lowest BCUT2D eigenvalue weighted by atomic mass is 10.4. The number of hydrogen-bond donors (Lipinski definition) is 0. The molecule has 0 N–H and O–H groups in total. The van der Waals surface area contributed by atoms with Gasteiger partial charge in [-0.15, -0.1) is 23.2 Å². The smallest absolute Gasteiger partial charge is 0.105 e. The van der Waals surface area contributed by atoms with Crippen molar-refractivity contribution in [3.63, 3.8) is 0 Å². The Morgan fingerprint density at radius 2 is 1.86 bits per heavy atom. The van der Waals surface area contributed by atoms with Crippen molar-refractivity contribution in [2.45, 2.75) is 24.6 Å². The fraction of sp³-hybridized carbons (Fsp3) is 1.00. The standard InChI is InChI=1S/C4H8Cl2.Al/c1-2-3-4(5)6;/h4H,2-3H2,1H3;. The van der Waals surface area contributed by atoms with Crippen molar-refractivity contribution in [2.75, 3.05) is 0 Å². The van der Waals surface area contributed by atoms with E-state index in [9.17, 15) is 0 Å². The summed E-state index contributed by atoms with van der Waals surface area (Å²) >= 11 is 10.7. The van der Waals surface area contributed by atoms with Crippen molar-refractivity contribution in [3.8, 4) is 0 Å². The first-order valence-electron chi connectivity index (χ1n) is 2.05. The monoisotopic (exact) mass is 153 g/mol. The van der Waals surface area contributed by atoms with E-state index in [1.54, 1.807) is 0 Å². The van der Waals surface area contributed by atoms with E-state index in [1.807, 2.05) is 0 Å². The zero-order chi connectivity index (χ0) is 4.99. The van der Waals surface area contributed by atoms with Crippen molar-refractivity contribution in [2.24, 2.45) is 0 Å². The second-order valence-electron chi connectivity index (χ2n) is 1.18. The summed E-state index contributed by atoms with van der Waals surface area (Å²) in [5, 5.41) is 0. The van der Waals surface area contributed by atoms with Gasteiger partial charge in [-0.1, -0.05) is 13.3 Å². The van der Waals surface area contributed by atoms with Crippen LogP contribution in [0.1, 0.15) is 19.8 Å². The highest BCUT2D eigenvalue weighted by Crippen LogP contribution is 2.07. The number of halogens is 2. The van der Waals surface area contributed by atoms with Gasteiger partial charge in [-0.05, 0) is 6.42 Å². The maximum Gasteiger partial charge on any atom is 0.107 e. The Kier molecular flexibility index (Phi) is 11.2. The Morgan fingerprint density at radius 3 is 1.86 bits per heavy atom. The summed E-state index contributed by atoms with van der Waals surface area (Å²) in [7, 11) is 0. The molecule has 0 fully saturated rings. The minimum atomic E-state index is -0.157. The van der Waals surface area contributed by atoms with E-state index in [-0.39, 0.29) is 22.2 Å². The lowest BCUT2D eigenvalue weighted by molar-refractivity contribution is 0.859. The van der Waals surface area contributed by atoms with Crippen LogP contribution in [-0.2, 0) is 0 Å². The third-order valence-electron chi connectivity index (χ3n) is 0.507. The van der Waals surface area contributed by atoms with Crippen molar-refractivity contribution in [1.29, 1.82) is 0 Å². The van der Waals surface area contributed by atoms with Gasteiger partial charge in [-0.3, -0.25) is 0 Å². The quantitative estimate of drug-likeness (QED) is 0.422. The van der Waals surface area contributed by atoms with Crippen molar-refractivity contribution >= 4 is 40.6 Å². The van der Waals surface area contributed by atoms with Gasteiger partial charge in [0.1, 0.15) is 4.84 Å². The molecule has 41 valence electrons. The third kappa shape index (κ3) is 11.0. The maximum atomic E-state index is 5.34. The van der Waals surface area contributed by atoms with Crippen LogP contribution >= 0.6 is 23.2 Å². The molecule has 0 saturated carbocycles. The van der Waals surface area contributed by atoms with Gasteiger partial charge in [0.25, 0.3) is 0 Å².